The van der Waals surface area contributed by atoms with Gasteiger partial charge in [0.1, 0.15) is 6.10 Å². The van der Waals surface area contributed by atoms with Crippen LogP contribution < -0.4 is 0 Å². The largest absolute Gasteiger partial charge is 0.390 e. The van der Waals surface area contributed by atoms with Gasteiger partial charge in [-0.15, -0.1) is 0 Å². The lowest BCUT2D eigenvalue weighted by Gasteiger charge is -2.25. The van der Waals surface area contributed by atoms with E-state index in [1.54, 1.807) is 7.11 Å². The lowest BCUT2D eigenvalue weighted by molar-refractivity contribution is 0.0134. The molecule has 2 atom stereocenters. The van der Waals surface area contributed by atoms with Gasteiger partial charge < -0.3 is 14.7 Å². The van der Waals surface area contributed by atoms with Gasteiger partial charge in [0.2, 0.25) is 0 Å². The number of hydrogen-bond acceptors (Lipinski definition) is 5. The van der Waals surface area contributed by atoms with E-state index in [0.29, 0.717) is 18.2 Å². The second kappa shape index (κ2) is 8.48. The van der Waals surface area contributed by atoms with Gasteiger partial charge in [-0.25, -0.2) is 0 Å². The minimum absolute atomic E-state index is 0.0142. The monoisotopic (exact) mass is 326 g/mol. The number of ether oxygens (including phenoxy) is 1. The van der Waals surface area contributed by atoms with Crippen molar-refractivity contribution in [1.29, 1.82) is 0 Å². The quantitative estimate of drug-likeness (QED) is 0.795. The van der Waals surface area contributed by atoms with Crippen LogP contribution in [0.5, 0.6) is 0 Å². The minimum Gasteiger partial charge on any atom is -0.390 e. The molecule has 22 heavy (non-hydrogen) atoms. The molecule has 0 spiro atoms. The highest BCUT2D eigenvalue weighted by Gasteiger charge is 2.24. The lowest BCUT2D eigenvalue weighted by Crippen LogP contribution is -2.39. The number of aliphatic hydroxyl groups is 1. The van der Waals surface area contributed by atoms with E-state index in [1.165, 1.54) is 0 Å². The first kappa shape index (κ1) is 17.2. The fourth-order valence-electron chi connectivity index (χ4n) is 2.50. The normalized spacial score (nSPS) is 19.1. The van der Waals surface area contributed by atoms with E-state index in [-0.39, 0.29) is 6.10 Å². The summed E-state index contributed by atoms with van der Waals surface area (Å²) in [6.07, 6.45) is 0.293. The molecule has 1 aromatic carbocycles. The zero-order valence-electron chi connectivity index (χ0n) is 13.0. The Kier molecular flexibility index (Phi) is 6.64. The first-order valence-electron chi connectivity index (χ1n) is 7.50. The zero-order valence-corrected chi connectivity index (χ0v) is 13.8. The minimum atomic E-state index is -0.483. The Morgan fingerprint density at radius 1 is 1.45 bits per heavy atom. The molecule has 1 heterocycles. The Morgan fingerprint density at radius 2 is 2.18 bits per heavy atom. The maximum Gasteiger partial charge on any atom is 0.145 e. The van der Waals surface area contributed by atoms with E-state index in [9.17, 15) is 5.11 Å². The van der Waals surface area contributed by atoms with Crippen molar-refractivity contribution in [2.45, 2.75) is 25.6 Å². The molecule has 1 aliphatic heterocycles. The van der Waals surface area contributed by atoms with Gasteiger partial charge in [0.15, 0.2) is 0 Å². The molecular formula is C16H23ClN2O3. The molecule has 0 amide bonds. The second-order valence-corrected chi connectivity index (χ2v) is 5.87. The number of aliphatic hydroxyl groups excluding tert-OH is 1. The summed E-state index contributed by atoms with van der Waals surface area (Å²) in [5.41, 5.74) is 1.98. The fourth-order valence-corrected chi connectivity index (χ4v) is 2.63. The number of likely N-dealkylation sites (N-methyl/N-ethyl adjacent to an activating group) is 1. The molecular weight excluding hydrogens is 304 g/mol. The molecule has 0 radical (unpaired) electrons. The Hall–Kier alpha value is -1.14. The van der Waals surface area contributed by atoms with Crippen LogP contribution in [0, 0.1) is 0 Å². The third-order valence-corrected chi connectivity index (χ3v) is 3.90. The van der Waals surface area contributed by atoms with Crippen LogP contribution in [0.3, 0.4) is 0 Å². The third kappa shape index (κ3) is 4.95. The van der Waals surface area contributed by atoms with Crippen LogP contribution in [0.1, 0.15) is 18.9 Å². The van der Waals surface area contributed by atoms with E-state index in [4.69, 9.17) is 21.2 Å². The van der Waals surface area contributed by atoms with Gasteiger partial charge in [0.25, 0.3) is 0 Å². The SMILES string of the molecule is CCN(C[C@H](O)COC)C[C@@H]1CC(c2ccc(Cl)cc2)=NO1. The van der Waals surface area contributed by atoms with Crippen molar-refractivity contribution in [3.05, 3.63) is 34.9 Å². The maximum absolute atomic E-state index is 9.83. The summed E-state index contributed by atoms with van der Waals surface area (Å²) >= 11 is 5.90. The van der Waals surface area contributed by atoms with Crippen LogP contribution in [0.15, 0.2) is 29.4 Å². The van der Waals surface area contributed by atoms with Gasteiger partial charge in [-0.3, -0.25) is 4.90 Å². The molecule has 0 unspecified atom stereocenters. The number of methoxy groups -OCH3 is 1. The number of oxime groups is 1. The predicted molar refractivity (Wildman–Crippen MR) is 87.5 cm³/mol. The fraction of sp³-hybridized carbons (Fsp3) is 0.562. The third-order valence-electron chi connectivity index (χ3n) is 3.65. The Balaban J connectivity index is 1.84. The highest BCUT2D eigenvalue weighted by Crippen LogP contribution is 2.19. The van der Waals surface area contributed by atoms with Crippen molar-refractivity contribution in [1.82, 2.24) is 4.90 Å². The van der Waals surface area contributed by atoms with Crippen LogP contribution in [0.25, 0.3) is 0 Å². The molecule has 0 aliphatic carbocycles. The molecule has 5 nitrogen and oxygen atoms in total. The standard InChI is InChI=1S/C16H23ClN2O3/c1-3-19(9-14(20)11-21-2)10-15-8-16(18-22-15)12-4-6-13(17)7-5-12/h4-7,14-15,20H,3,8-11H2,1-2H3/t14-,15-/m0/s1. The van der Waals surface area contributed by atoms with Gasteiger partial charge >= 0.3 is 0 Å². The first-order valence-corrected chi connectivity index (χ1v) is 7.88. The van der Waals surface area contributed by atoms with E-state index >= 15 is 0 Å². The molecule has 1 aliphatic rings. The van der Waals surface area contributed by atoms with Crippen molar-refractivity contribution in [3.8, 4) is 0 Å². The van der Waals surface area contributed by atoms with Crippen LogP contribution >= 0.6 is 11.6 Å². The van der Waals surface area contributed by atoms with Crippen molar-refractivity contribution < 1.29 is 14.7 Å². The van der Waals surface area contributed by atoms with Crippen LogP contribution in [-0.2, 0) is 9.57 Å². The molecule has 0 saturated heterocycles. The van der Waals surface area contributed by atoms with Crippen molar-refractivity contribution in [2.75, 3.05) is 33.4 Å². The molecule has 0 fully saturated rings. The van der Waals surface area contributed by atoms with Gasteiger partial charge in [0, 0.05) is 31.6 Å². The van der Waals surface area contributed by atoms with E-state index < -0.39 is 6.10 Å². The summed E-state index contributed by atoms with van der Waals surface area (Å²) in [6, 6.07) is 7.61. The van der Waals surface area contributed by atoms with Crippen molar-refractivity contribution >= 4 is 17.3 Å². The number of benzene rings is 1. The number of hydrogen-bond donors (Lipinski definition) is 1. The molecule has 1 aromatic rings. The van der Waals surface area contributed by atoms with E-state index in [0.717, 1.165) is 30.8 Å². The van der Waals surface area contributed by atoms with Crippen LogP contribution in [0.4, 0.5) is 0 Å². The maximum atomic E-state index is 9.83. The number of halogens is 1. The summed E-state index contributed by atoms with van der Waals surface area (Å²) in [6.45, 7) is 4.55. The highest BCUT2D eigenvalue weighted by molar-refractivity contribution is 6.30. The first-order chi connectivity index (χ1) is 10.6. The smallest absolute Gasteiger partial charge is 0.145 e. The molecule has 122 valence electrons. The Bertz CT molecular complexity index is 493. The van der Waals surface area contributed by atoms with Crippen molar-refractivity contribution in [3.63, 3.8) is 0 Å². The average Bonchev–Trinajstić information content (AvgIpc) is 2.96. The van der Waals surface area contributed by atoms with Gasteiger partial charge in [-0.05, 0) is 24.2 Å². The van der Waals surface area contributed by atoms with Gasteiger partial charge in [-0.2, -0.15) is 0 Å². The van der Waals surface area contributed by atoms with Gasteiger partial charge in [-0.1, -0.05) is 35.8 Å². The predicted octanol–water partition coefficient (Wildman–Crippen LogP) is 2.16. The highest BCUT2D eigenvalue weighted by atomic mass is 35.5. The second-order valence-electron chi connectivity index (χ2n) is 5.44. The summed E-state index contributed by atoms with van der Waals surface area (Å²) < 4.78 is 4.96. The molecule has 6 heteroatoms. The Labute approximate surface area is 136 Å². The summed E-state index contributed by atoms with van der Waals surface area (Å²) in [5, 5.41) is 14.7. The van der Waals surface area contributed by atoms with Crippen molar-refractivity contribution in [2.24, 2.45) is 5.16 Å². The molecule has 0 aromatic heterocycles. The topological polar surface area (TPSA) is 54.3 Å². The molecule has 0 bridgehead atoms. The molecule has 1 N–H and O–H groups in total. The summed E-state index contributed by atoms with van der Waals surface area (Å²) in [5.74, 6) is 0. The van der Waals surface area contributed by atoms with E-state index in [2.05, 4.69) is 17.0 Å². The number of rotatable bonds is 8. The van der Waals surface area contributed by atoms with Crippen LogP contribution in [0.2, 0.25) is 5.02 Å². The van der Waals surface area contributed by atoms with Crippen LogP contribution in [-0.4, -0.2) is 61.3 Å². The van der Waals surface area contributed by atoms with Gasteiger partial charge in [0.05, 0.1) is 18.4 Å². The molecule has 2 rings (SSSR count). The average molecular weight is 327 g/mol. The van der Waals surface area contributed by atoms with E-state index in [1.807, 2.05) is 24.3 Å². The lowest BCUT2D eigenvalue weighted by atomic mass is 10.0. The Morgan fingerprint density at radius 3 is 2.82 bits per heavy atom. The number of nitrogens with zero attached hydrogens (tertiary/aromatic N) is 2. The zero-order chi connectivity index (χ0) is 15.9. The summed E-state index contributed by atoms with van der Waals surface area (Å²) in [4.78, 5) is 7.67. The summed E-state index contributed by atoms with van der Waals surface area (Å²) in [7, 11) is 1.59. The molecule has 0 saturated carbocycles.